The zero-order chi connectivity index (χ0) is 21.0. The molecule has 154 valence electrons. The lowest BCUT2D eigenvalue weighted by atomic mass is 9.89. The molecule has 1 N–H and O–H groups in total. The maximum Gasteiger partial charge on any atom is 0.242 e. The van der Waals surface area contributed by atoms with Crippen LogP contribution >= 0.6 is 0 Å². The summed E-state index contributed by atoms with van der Waals surface area (Å²) in [4.78, 5) is 24.8. The van der Waals surface area contributed by atoms with Gasteiger partial charge in [-0.3, -0.25) is 9.59 Å². The van der Waals surface area contributed by atoms with Gasteiger partial charge in [-0.2, -0.15) is 0 Å². The first-order valence-electron chi connectivity index (χ1n) is 9.75. The highest BCUT2D eigenvalue weighted by Crippen LogP contribution is 2.23. The van der Waals surface area contributed by atoms with E-state index in [2.05, 4.69) is 5.32 Å². The lowest BCUT2D eigenvalue weighted by Crippen LogP contribution is -2.22. The number of nitrogens with one attached hydrogen (secondary N) is 1. The summed E-state index contributed by atoms with van der Waals surface area (Å²) in [6.07, 6.45) is 4.65. The molecular weight excluding hydrogens is 388 g/mol. The zero-order valence-corrected chi connectivity index (χ0v) is 17.6. The highest BCUT2D eigenvalue weighted by atomic mass is 32.2. The lowest BCUT2D eigenvalue weighted by Gasteiger charge is -2.16. The molecule has 0 unspecified atom stereocenters. The van der Waals surface area contributed by atoms with Gasteiger partial charge in [0.25, 0.3) is 0 Å². The number of Topliss-reactive ketones (excluding diaryl/α,β-unsaturated/α-hetero) is 1. The van der Waals surface area contributed by atoms with Crippen LogP contribution in [0.15, 0.2) is 47.4 Å². The highest BCUT2D eigenvalue weighted by molar-refractivity contribution is 7.89. The third-order valence-electron chi connectivity index (χ3n) is 5.17. The summed E-state index contributed by atoms with van der Waals surface area (Å²) in [6, 6.07) is 11.8. The van der Waals surface area contributed by atoms with Gasteiger partial charge in [-0.15, -0.1) is 0 Å². The number of benzene rings is 2. The Morgan fingerprint density at radius 1 is 0.931 bits per heavy atom. The number of aryl methyl sites for hydroxylation is 2. The minimum absolute atomic E-state index is 0.0408. The first-order chi connectivity index (χ1) is 13.8. The smallest absolute Gasteiger partial charge is 0.242 e. The van der Waals surface area contributed by atoms with Crippen molar-refractivity contribution in [2.24, 2.45) is 0 Å². The molecule has 0 radical (unpaired) electrons. The molecule has 1 aliphatic carbocycles. The summed E-state index contributed by atoms with van der Waals surface area (Å²) < 4.78 is 25.3. The Labute approximate surface area is 172 Å². The van der Waals surface area contributed by atoms with E-state index in [1.807, 2.05) is 18.2 Å². The number of fused-ring (bicyclic) bond motifs is 1. The van der Waals surface area contributed by atoms with E-state index in [1.165, 1.54) is 43.8 Å². The summed E-state index contributed by atoms with van der Waals surface area (Å²) in [7, 11) is -0.579. The van der Waals surface area contributed by atoms with Crippen LogP contribution in [0.3, 0.4) is 0 Å². The van der Waals surface area contributed by atoms with Gasteiger partial charge in [0.15, 0.2) is 5.78 Å². The number of amides is 1. The summed E-state index contributed by atoms with van der Waals surface area (Å²) in [5.74, 6) is -0.319. The molecule has 1 amide bonds. The van der Waals surface area contributed by atoms with Gasteiger partial charge in [0.05, 0.1) is 4.90 Å². The van der Waals surface area contributed by atoms with E-state index in [9.17, 15) is 18.0 Å². The second-order valence-corrected chi connectivity index (χ2v) is 9.63. The average molecular weight is 415 g/mol. The summed E-state index contributed by atoms with van der Waals surface area (Å²) >= 11 is 0. The van der Waals surface area contributed by atoms with Gasteiger partial charge in [0.1, 0.15) is 0 Å². The summed E-state index contributed by atoms with van der Waals surface area (Å²) in [5, 5.41) is 2.71. The number of anilines is 1. The number of hydrogen-bond donors (Lipinski definition) is 1. The molecule has 0 saturated carbocycles. The van der Waals surface area contributed by atoms with Crippen molar-refractivity contribution >= 4 is 27.4 Å². The van der Waals surface area contributed by atoms with Crippen molar-refractivity contribution in [1.82, 2.24) is 4.31 Å². The Hall–Kier alpha value is -2.51. The Morgan fingerprint density at radius 3 is 2.24 bits per heavy atom. The quantitative estimate of drug-likeness (QED) is 0.704. The monoisotopic (exact) mass is 414 g/mol. The molecule has 0 spiro atoms. The van der Waals surface area contributed by atoms with Crippen molar-refractivity contribution in [1.29, 1.82) is 0 Å². The number of carbonyl (C=O) groups excluding carboxylic acids is 2. The molecule has 0 atom stereocenters. The topological polar surface area (TPSA) is 83.6 Å². The van der Waals surface area contributed by atoms with Gasteiger partial charge in [-0.25, -0.2) is 12.7 Å². The van der Waals surface area contributed by atoms with E-state index in [0.717, 1.165) is 23.6 Å². The number of sulfonamides is 1. The van der Waals surface area contributed by atoms with Crippen LogP contribution in [0.1, 0.15) is 47.2 Å². The molecule has 0 fully saturated rings. The fourth-order valence-corrected chi connectivity index (χ4v) is 4.32. The van der Waals surface area contributed by atoms with E-state index >= 15 is 0 Å². The Bertz CT molecular complexity index is 1010. The van der Waals surface area contributed by atoms with Crippen LogP contribution in [0.5, 0.6) is 0 Å². The number of hydrogen-bond acceptors (Lipinski definition) is 4. The van der Waals surface area contributed by atoms with E-state index < -0.39 is 10.0 Å². The first kappa shape index (κ1) is 21.2. The standard InChI is InChI=1S/C22H26N2O4S/c1-24(2)29(27,28)20-11-9-19(10-12-20)23-22(26)14-13-21(25)18-8-7-16-5-3-4-6-17(16)15-18/h7-12,15H,3-6,13-14H2,1-2H3,(H,23,26). The normalized spacial score (nSPS) is 13.8. The maximum absolute atomic E-state index is 12.5. The van der Waals surface area contributed by atoms with Gasteiger partial charge >= 0.3 is 0 Å². The van der Waals surface area contributed by atoms with Crippen LogP contribution in [-0.2, 0) is 27.7 Å². The van der Waals surface area contributed by atoms with Crippen molar-refractivity contribution in [3.8, 4) is 0 Å². The molecule has 1 aliphatic rings. The predicted octanol–water partition coefficient (Wildman–Crippen LogP) is 3.42. The molecular formula is C22H26N2O4S. The molecule has 0 bridgehead atoms. The molecule has 0 heterocycles. The van der Waals surface area contributed by atoms with Crippen LogP contribution < -0.4 is 5.32 Å². The van der Waals surface area contributed by atoms with E-state index in [-0.39, 0.29) is 29.4 Å². The molecule has 29 heavy (non-hydrogen) atoms. The largest absolute Gasteiger partial charge is 0.326 e. The molecule has 6 nitrogen and oxygen atoms in total. The van der Waals surface area contributed by atoms with Crippen LogP contribution in [0.2, 0.25) is 0 Å². The highest BCUT2D eigenvalue weighted by Gasteiger charge is 2.17. The maximum atomic E-state index is 12.5. The van der Waals surface area contributed by atoms with Gasteiger partial charge in [-0.1, -0.05) is 12.1 Å². The Kier molecular flexibility index (Phi) is 6.49. The second kappa shape index (κ2) is 8.88. The first-order valence-corrected chi connectivity index (χ1v) is 11.2. The van der Waals surface area contributed by atoms with E-state index in [0.29, 0.717) is 11.3 Å². The van der Waals surface area contributed by atoms with Crippen molar-refractivity contribution in [2.75, 3.05) is 19.4 Å². The fraction of sp³-hybridized carbons (Fsp3) is 0.364. The van der Waals surface area contributed by atoms with Crippen LogP contribution in [0, 0.1) is 0 Å². The molecule has 0 saturated heterocycles. The minimum Gasteiger partial charge on any atom is -0.326 e. The third kappa shape index (κ3) is 5.10. The van der Waals surface area contributed by atoms with Gasteiger partial charge in [0, 0.05) is 38.2 Å². The van der Waals surface area contributed by atoms with Gasteiger partial charge < -0.3 is 5.32 Å². The minimum atomic E-state index is -3.51. The fourth-order valence-electron chi connectivity index (χ4n) is 3.42. The van der Waals surface area contributed by atoms with Crippen LogP contribution in [0.4, 0.5) is 5.69 Å². The van der Waals surface area contributed by atoms with Gasteiger partial charge in [-0.05, 0) is 67.1 Å². The summed E-state index contributed by atoms with van der Waals surface area (Å²) in [5.41, 5.74) is 3.73. The molecule has 0 aromatic heterocycles. The zero-order valence-electron chi connectivity index (χ0n) is 16.8. The van der Waals surface area contributed by atoms with Crippen molar-refractivity contribution < 1.29 is 18.0 Å². The summed E-state index contributed by atoms with van der Waals surface area (Å²) in [6.45, 7) is 0. The average Bonchev–Trinajstić information content (AvgIpc) is 2.72. The Balaban J connectivity index is 1.55. The SMILES string of the molecule is CN(C)S(=O)(=O)c1ccc(NC(=O)CCC(=O)c2ccc3c(c2)CCCC3)cc1. The number of rotatable bonds is 7. The molecule has 3 rings (SSSR count). The van der Waals surface area contributed by atoms with Crippen LogP contribution in [0.25, 0.3) is 0 Å². The van der Waals surface area contributed by atoms with E-state index in [4.69, 9.17) is 0 Å². The third-order valence-corrected chi connectivity index (χ3v) is 7.00. The number of carbonyl (C=O) groups is 2. The molecule has 2 aromatic rings. The van der Waals surface area contributed by atoms with Crippen molar-refractivity contribution in [2.45, 2.75) is 43.4 Å². The lowest BCUT2D eigenvalue weighted by molar-refractivity contribution is -0.116. The van der Waals surface area contributed by atoms with Crippen LogP contribution in [-0.4, -0.2) is 38.5 Å². The van der Waals surface area contributed by atoms with Crippen molar-refractivity contribution in [3.05, 3.63) is 59.2 Å². The predicted molar refractivity (Wildman–Crippen MR) is 113 cm³/mol. The van der Waals surface area contributed by atoms with Crippen molar-refractivity contribution in [3.63, 3.8) is 0 Å². The molecule has 2 aromatic carbocycles. The number of ketones is 1. The Morgan fingerprint density at radius 2 is 1.59 bits per heavy atom. The van der Waals surface area contributed by atoms with E-state index in [1.54, 1.807) is 12.1 Å². The number of nitrogens with zero attached hydrogens (tertiary/aromatic N) is 1. The second-order valence-electron chi connectivity index (χ2n) is 7.47. The van der Waals surface area contributed by atoms with Gasteiger partial charge in [0.2, 0.25) is 15.9 Å². The molecule has 7 heteroatoms. The molecule has 0 aliphatic heterocycles.